The van der Waals surface area contributed by atoms with Crippen molar-refractivity contribution in [2.45, 2.75) is 6.92 Å². The number of anilines is 1. The van der Waals surface area contributed by atoms with Crippen molar-refractivity contribution in [2.75, 3.05) is 11.9 Å². The van der Waals surface area contributed by atoms with Crippen LogP contribution in [0.2, 0.25) is 0 Å². The summed E-state index contributed by atoms with van der Waals surface area (Å²) in [5.74, 6) is 1.53. The molecule has 0 unspecified atom stereocenters. The largest absolute Gasteiger partial charge is 0.365 e. The molecule has 0 aliphatic rings. The maximum atomic E-state index is 4.19. The lowest BCUT2D eigenvalue weighted by Gasteiger charge is -2.04. The van der Waals surface area contributed by atoms with Crippen LogP contribution < -0.4 is 5.32 Å². The van der Waals surface area contributed by atoms with Crippen LogP contribution >= 0.6 is 31.9 Å². The Bertz CT molecular complexity index is 305. The second kappa shape index (κ2) is 4.72. The Labute approximate surface area is 93.9 Å². The van der Waals surface area contributed by atoms with Crippen LogP contribution in [0.5, 0.6) is 0 Å². The summed E-state index contributed by atoms with van der Waals surface area (Å²) < 4.78 is 1.67. The molecule has 70 valence electrons. The molecule has 1 heterocycles. The molecule has 0 amide bonds. The molecule has 1 aromatic heterocycles. The van der Waals surface area contributed by atoms with Crippen molar-refractivity contribution in [3.05, 3.63) is 27.6 Å². The average Bonchev–Trinajstić information content (AvgIpc) is 1.99. The molecule has 0 radical (unpaired) electrons. The quantitative estimate of drug-likeness (QED) is 0.873. The van der Waals surface area contributed by atoms with E-state index in [0.29, 0.717) is 6.54 Å². The molecule has 0 bridgehead atoms. The van der Waals surface area contributed by atoms with Gasteiger partial charge < -0.3 is 5.32 Å². The van der Waals surface area contributed by atoms with Gasteiger partial charge >= 0.3 is 0 Å². The van der Waals surface area contributed by atoms with Crippen molar-refractivity contribution in [3.8, 4) is 0 Å². The predicted octanol–water partition coefficient (Wildman–Crippen LogP) is 2.87. The van der Waals surface area contributed by atoms with Crippen molar-refractivity contribution in [1.82, 2.24) is 9.97 Å². The van der Waals surface area contributed by atoms with Crippen LogP contribution in [0.25, 0.3) is 0 Å². The van der Waals surface area contributed by atoms with E-state index in [1.165, 1.54) is 0 Å². The van der Waals surface area contributed by atoms with Crippen LogP contribution in [0.15, 0.2) is 21.7 Å². The number of halogens is 2. The fourth-order valence-electron chi connectivity index (χ4n) is 0.808. The summed E-state index contributed by atoms with van der Waals surface area (Å²) in [6.45, 7) is 6.22. The van der Waals surface area contributed by atoms with Crippen molar-refractivity contribution >= 4 is 37.7 Å². The molecule has 13 heavy (non-hydrogen) atoms. The summed E-state index contributed by atoms with van der Waals surface area (Å²) in [5, 5.41) is 3.10. The molecule has 0 fully saturated rings. The summed E-state index contributed by atoms with van der Waals surface area (Å²) in [6, 6.07) is 1.82. The van der Waals surface area contributed by atoms with Crippen molar-refractivity contribution in [3.63, 3.8) is 0 Å². The van der Waals surface area contributed by atoms with Gasteiger partial charge in [0.2, 0.25) is 0 Å². The number of hydrogen-bond donors (Lipinski definition) is 1. The highest BCUT2D eigenvalue weighted by Crippen LogP contribution is 2.12. The minimum Gasteiger partial charge on any atom is -0.365 e. The first-order chi connectivity index (χ1) is 6.08. The van der Waals surface area contributed by atoms with E-state index in [2.05, 4.69) is 53.7 Å². The van der Waals surface area contributed by atoms with E-state index < -0.39 is 0 Å². The zero-order valence-electron chi connectivity index (χ0n) is 7.14. The first-order valence-corrected chi connectivity index (χ1v) is 5.25. The van der Waals surface area contributed by atoms with E-state index in [0.717, 1.165) is 20.7 Å². The number of rotatable bonds is 3. The van der Waals surface area contributed by atoms with E-state index in [-0.39, 0.29) is 0 Å². The Morgan fingerprint density at radius 2 is 2.31 bits per heavy atom. The number of aryl methyl sites for hydroxylation is 1. The normalized spacial score (nSPS) is 9.77. The molecule has 0 spiro atoms. The van der Waals surface area contributed by atoms with E-state index >= 15 is 0 Å². The minimum absolute atomic E-state index is 0.656. The molecule has 5 heteroatoms. The Balaban J connectivity index is 2.71. The number of hydrogen-bond acceptors (Lipinski definition) is 3. The van der Waals surface area contributed by atoms with Gasteiger partial charge in [0.15, 0.2) is 0 Å². The minimum atomic E-state index is 0.656. The van der Waals surface area contributed by atoms with Crippen molar-refractivity contribution in [2.24, 2.45) is 0 Å². The van der Waals surface area contributed by atoms with E-state index in [9.17, 15) is 0 Å². The maximum absolute atomic E-state index is 4.19. The van der Waals surface area contributed by atoms with E-state index in [4.69, 9.17) is 0 Å². The van der Waals surface area contributed by atoms with Gasteiger partial charge in [0, 0.05) is 17.1 Å². The van der Waals surface area contributed by atoms with E-state index in [1.54, 1.807) is 0 Å². The van der Waals surface area contributed by atoms with Gasteiger partial charge in [-0.05, 0) is 22.9 Å². The molecule has 1 rings (SSSR count). The average molecular weight is 307 g/mol. The third-order valence-corrected chi connectivity index (χ3v) is 1.95. The second-order valence-electron chi connectivity index (χ2n) is 2.49. The Hall–Kier alpha value is -0.420. The number of nitrogens with zero attached hydrogens (tertiary/aromatic N) is 2. The summed E-state index contributed by atoms with van der Waals surface area (Å²) in [7, 11) is 0. The Morgan fingerprint density at radius 1 is 1.62 bits per heavy atom. The molecule has 0 aromatic carbocycles. The van der Waals surface area contributed by atoms with Gasteiger partial charge in [-0.3, -0.25) is 0 Å². The Kier molecular flexibility index (Phi) is 3.87. The van der Waals surface area contributed by atoms with Crippen LogP contribution in [0, 0.1) is 6.92 Å². The van der Waals surface area contributed by atoms with Gasteiger partial charge in [-0.2, -0.15) is 0 Å². The van der Waals surface area contributed by atoms with Crippen molar-refractivity contribution in [1.29, 1.82) is 0 Å². The van der Waals surface area contributed by atoms with Gasteiger partial charge in [0.05, 0.1) is 0 Å². The number of nitrogens with one attached hydrogen (secondary N) is 1. The molecule has 3 nitrogen and oxygen atoms in total. The van der Waals surface area contributed by atoms with Crippen LogP contribution in [0.4, 0.5) is 5.82 Å². The lowest BCUT2D eigenvalue weighted by atomic mass is 10.5. The van der Waals surface area contributed by atoms with Crippen molar-refractivity contribution < 1.29 is 0 Å². The lowest BCUT2D eigenvalue weighted by molar-refractivity contribution is 1.03. The summed E-state index contributed by atoms with van der Waals surface area (Å²) in [6.07, 6.45) is 0. The molecule has 1 N–H and O–H groups in total. The third kappa shape index (κ3) is 3.87. The molecule has 0 atom stereocenters. The highest BCUT2D eigenvalue weighted by atomic mass is 79.9. The standard InChI is InChI=1S/C8H9Br2N3/c1-5(9)4-11-8-3-7(10)12-6(2)13-8/h3H,1,4H2,2H3,(H,11,12,13). The van der Waals surface area contributed by atoms with Crippen LogP contribution in [0.1, 0.15) is 5.82 Å². The third-order valence-electron chi connectivity index (χ3n) is 1.27. The molecule has 1 aromatic rings. The van der Waals surface area contributed by atoms with Gasteiger partial charge in [0.25, 0.3) is 0 Å². The molecular formula is C8H9Br2N3. The maximum Gasteiger partial charge on any atom is 0.131 e. The highest BCUT2D eigenvalue weighted by Gasteiger charge is 1.98. The summed E-state index contributed by atoms with van der Waals surface area (Å²) >= 11 is 6.55. The zero-order valence-corrected chi connectivity index (χ0v) is 10.3. The lowest BCUT2D eigenvalue weighted by Crippen LogP contribution is -2.04. The fraction of sp³-hybridized carbons (Fsp3) is 0.250. The number of aromatic nitrogens is 2. The Morgan fingerprint density at radius 3 is 2.85 bits per heavy atom. The van der Waals surface area contributed by atoms with Gasteiger partial charge in [-0.1, -0.05) is 22.5 Å². The predicted molar refractivity (Wildman–Crippen MR) is 61.0 cm³/mol. The summed E-state index contributed by atoms with van der Waals surface area (Å²) in [4.78, 5) is 8.28. The SMILES string of the molecule is C=C(Br)CNc1cc(Br)nc(C)n1. The van der Waals surface area contributed by atoms with Gasteiger partial charge in [0.1, 0.15) is 16.2 Å². The first kappa shape index (κ1) is 10.7. The second-order valence-corrected chi connectivity index (χ2v) is 4.43. The first-order valence-electron chi connectivity index (χ1n) is 3.66. The van der Waals surface area contributed by atoms with Gasteiger partial charge in [-0.15, -0.1) is 0 Å². The van der Waals surface area contributed by atoms with Crippen LogP contribution in [-0.4, -0.2) is 16.5 Å². The smallest absolute Gasteiger partial charge is 0.131 e. The zero-order chi connectivity index (χ0) is 9.84. The molecule has 0 saturated heterocycles. The monoisotopic (exact) mass is 305 g/mol. The summed E-state index contributed by atoms with van der Waals surface area (Å²) in [5.41, 5.74) is 0. The fourth-order valence-corrected chi connectivity index (χ4v) is 1.42. The molecule has 0 aliphatic carbocycles. The van der Waals surface area contributed by atoms with Crippen LogP contribution in [0.3, 0.4) is 0 Å². The molecule has 0 saturated carbocycles. The highest BCUT2D eigenvalue weighted by molar-refractivity contribution is 9.11. The van der Waals surface area contributed by atoms with Gasteiger partial charge in [-0.25, -0.2) is 9.97 Å². The molecule has 0 aliphatic heterocycles. The topological polar surface area (TPSA) is 37.8 Å². The van der Waals surface area contributed by atoms with E-state index in [1.807, 2.05) is 13.0 Å². The van der Waals surface area contributed by atoms with Crippen LogP contribution in [-0.2, 0) is 0 Å². The molecular weight excluding hydrogens is 298 g/mol.